The van der Waals surface area contributed by atoms with Gasteiger partial charge in [-0.15, -0.1) is 0 Å². The number of rotatable bonds is 7. The zero-order valence-corrected chi connectivity index (χ0v) is 10.1. The van der Waals surface area contributed by atoms with Gasteiger partial charge in [-0.3, -0.25) is 0 Å². The molecule has 0 aromatic carbocycles. The van der Waals surface area contributed by atoms with E-state index in [1.807, 2.05) is 13.8 Å². The molecule has 0 saturated carbocycles. The average molecular weight is 215 g/mol. The number of hydrogen-bond donors (Lipinski definition) is 1. The van der Waals surface area contributed by atoms with Gasteiger partial charge in [-0.25, -0.2) is 0 Å². The zero-order valence-electron chi connectivity index (χ0n) is 10.1. The largest absolute Gasteiger partial charge is 0.353 e. The molecule has 0 aliphatic carbocycles. The standard InChI is InChI=1S/C12H25NO2/c1-3-14-12(15-4-2)9-8-11-7-5-6-10-13-11/h11-13H,3-10H2,1-2H3. The molecule has 0 radical (unpaired) electrons. The molecule has 1 rings (SSSR count). The summed E-state index contributed by atoms with van der Waals surface area (Å²) in [6.45, 7) is 6.69. The molecule has 0 spiro atoms. The van der Waals surface area contributed by atoms with Crippen LogP contribution >= 0.6 is 0 Å². The maximum absolute atomic E-state index is 5.52. The quantitative estimate of drug-likeness (QED) is 0.661. The highest BCUT2D eigenvalue weighted by atomic mass is 16.7. The van der Waals surface area contributed by atoms with Crippen LogP contribution < -0.4 is 5.32 Å². The molecule has 0 aromatic rings. The second kappa shape index (κ2) is 8.08. The Bertz CT molecular complexity index is 141. The SMILES string of the molecule is CCOC(CCC1CCCCN1)OCC. The van der Waals surface area contributed by atoms with Crippen LogP contribution in [0, 0.1) is 0 Å². The molecule has 0 aromatic heterocycles. The second-order valence-corrected chi connectivity index (χ2v) is 4.06. The highest BCUT2D eigenvalue weighted by molar-refractivity contribution is 4.72. The Hall–Kier alpha value is -0.120. The topological polar surface area (TPSA) is 30.5 Å². The van der Waals surface area contributed by atoms with E-state index < -0.39 is 0 Å². The first-order valence-corrected chi connectivity index (χ1v) is 6.33. The molecule has 1 unspecified atom stereocenters. The van der Waals surface area contributed by atoms with Crippen LogP contribution in [0.15, 0.2) is 0 Å². The Balaban J connectivity index is 2.13. The van der Waals surface area contributed by atoms with Crippen LogP contribution in [0.5, 0.6) is 0 Å². The van der Waals surface area contributed by atoms with E-state index in [0.717, 1.165) is 19.6 Å². The lowest BCUT2D eigenvalue weighted by Gasteiger charge is -2.25. The summed E-state index contributed by atoms with van der Waals surface area (Å²) in [5.41, 5.74) is 0. The van der Waals surface area contributed by atoms with Gasteiger partial charge in [0, 0.05) is 19.3 Å². The molecule has 1 heterocycles. The van der Waals surface area contributed by atoms with E-state index in [1.165, 1.54) is 32.2 Å². The monoisotopic (exact) mass is 215 g/mol. The van der Waals surface area contributed by atoms with Crippen LogP contribution in [0.3, 0.4) is 0 Å². The average Bonchev–Trinajstić information content (AvgIpc) is 2.28. The van der Waals surface area contributed by atoms with Gasteiger partial charge in [0.05, 0.1) is 0 Å². The van der Waals surface area contributed by atoms with E-state index in [-0.39, 0.29) is 6.29 Å². The summed E-state index contributed by atoms with van der Waals surface area (Å²) in [4.78, 5) is 0. The molecule has 15 heavy (non-hydrogen) atoms. The highest BCUT2D eigenvalue weighted by Crippen LogP contribution is 2.14. The highest BCUT2D eigenvalue weighted by Gasteiger charge is 2.15. The van der Waals surface area contributed by atoms with Crippen molar-refractivity contribution in [3.63, 3.8) is 0 Å². The molecule has 90 valence electrons. The smallest absolute Gasteiger partial charge is 0.157 e. The van der Waals surface area contributed by atoms with E-state index in [0.29, 0.717) is 6.04 Å². The van der Waals surface area contributed by atoms with Gasteiger partial charge in [0.2, 0.25) is 0 Å². The van der Waals surface area contributed by atoms with Crippen molar-refractivity contribution >= 4 is 0 Å². The van der Waals surface area contributed by atoms with Crippen molar-refractivity contribution < 1.29 is 9.47 Å². The summed E-state index contributed by atoms with van der Waals surface area (Å²) in [5.74, 6) is 0. The Morgan fingerprint density at radius 3 is 2.47 bits per heavy atom. The summed E-state index contributed by atoms with van der Waals surface area (Å²) < 4.78 is 11.0. The normalized spacial score (nSPS) is 22.2. The summed E-state index contributed by atoms with van der Waals surface area (Å²) in [6.07, 6.45) is 6.20. The van der Waals surface area contributed by atoms with Crippen molar-refractivity contribution in [3.05, 3.63) is 0 Å². The predicted molar refractivity (Wildman–Crippen MR) is 61.9 cm³/mol. The van der Waals surface area contributed by atoms with Gasteiger partial charge in [-0.1, -0.05) is 6.42 Å². The zero-order chi connectivity index (χ0) is 10.9. The van der Waals surface area contributed by atoms with Crippen LogP contribution in [-0.4, -0.2) is 32.1 Å². The minimum absolute atomic E-state index is 0.00345. The molecule has 1 N–H and O–H groups in total. The number of ether oxygens (including phenoxy) is 2. The minimum atomic E-state index is 0.00345. The van der Waals surface area contributed by atoms with E-state index in [2.05, 4.69) is 5.32 Å². The summed E-state index contributed by atoms with van der Waals surface area (Å²) in [6, 6.07) is 0.683. The molecule has 0 bridgehead atoms. The van der Waals surface area contributed by atoms with Crippen LogP contribution in [0.4, 0.5) is 0 Å². The van der Waals surface area contributed by atoms with E-state index in [9.17, 15) is 0 Å². The first-order chi connectivity index (χ1) is 7.36. The van der Waals surface area contributed by atoms with E-state index in [1.54, 1.807) is 0 Å². The molecule has 3 nitrogen and oxygen atoms in total. The van der Waals surface area contributed by atoms with Crippen molar-refractivity contribution in [1.82, 2.24) is 5.32 Å². The fraction of sp³-hybridized carbons (Fsp3) is 1.00. The number of hydrogen-bond acceptors (Lipinski definition) is 3. The van der Waals surface area contributed by atoms with Crippen LogP contribution in [-0.2, 0) is 9.47 Å². The Morgan fingerprint density at radius 2 is 1.93 bits per heavy atom. The summed E-state index contributed by atoms with van der Waals surface area (Å²) in [5, 5.41) is 3.55. The maximum Gasteiger partial charge on any atom is 0.157 e. The predicted octanol–water partition coefficient (Wildman–Crippen LogP) is 2.31. The van der Waals surface area contributed by atoms with Gasteiger partial charge in [0.15, 0.2) is 6.29 Å². The first-order valence-electron chi connectivity index (χ1n) is 6.33. The fourth-order valence-electron chi connectivity index (χ4n) is 2.09. The molecular formula is C12H25NO2. The van der Waals surface area contributed by atoms with E-state index >= 15 is 0 Å². The number of piperidine rings is 1. The molecular weight excluding hydrogens is 190 g/mol. The third-order valence-corrected chi connectivity index (χ3v) is 2.87. The summed E-state index contributed by atoms with van der Waals surface area (Å²) >= 11 is 0. The summed E-state index contributed by atoms with van der Waals surface area (Å²) in [7, 11) is 0. The van der Waals surface area contributed by atoms with Crippen LogP contribution in [0.2, 0.25) is 0 Å². The van der Waals surface area contributed by atoms with Gasteiger partial charge in [-0.2, -0.15) is 0 Å². The van der Waals surface area contributed by atoms with Gasteiger partial charge in [0.25, 0.3) is 0 Å². The lowest BCUT2D eigenvalue weighted by atomic mass is 10.0. The van der Waals surface area contributed by atoms with Crippen molar-refractivity contribution in [2.24, 2.45) is 0 Å². The van der Waals surface area contributed by atoms with Gasteiger partial charge >= 0.3 is 0 Å². The minimum Gasteiger partial charge on any atom is -0.353 e. The fourth-order valence-corrected chi connectivity index (χ4v) is 2.09. The van der Waals surface area contributed by atoms with Crippen molar-refractivity contribution in [3.8, 4) is 0 Å². The van der Waals surface area contributed by atoms with Crippen molar-refractivity contribution in [2.75, 3.05) is 19.8 Å². The lowest BCUT2D eigenvalue weighted by Crippen LogP contribution is -2.35. The van der Waals surface area contributed by atoms with Crippen molar-refractivity contribution in [1.29, 1.82) is 0 Å². The third-order valence-electron chi connectivity index (χ3n) is 2.87. The Morgan fingerprint density at radius 1 is 1.20 bits per heavy atom. The van der Waals surface area contributed by atoms with Crippen molar-refractivity contribution in [2.45, 2.75) is 58.3 Å². The number of nitrogens with one attached hydrogen (secondary N) is 1. The molecule has 1 atom stereocenters. The maximum atomic E-state index is 5.52. The molecule has 1 saturated heterocycles. The second-order valence-electron chi connectivity index (χ2n) is 4.06. The Kier molecular flexibility index (Phi) is 6.98. The van der Waals surface area contributed by atoms with E-state index in [4.69, 9.17) is 9.47 Å². The van der Waals surface area contributed by atoms with Crippen LogP contribution in [0.1, 0.15) is 46.0 Å². The van der Waals surface area contributed by atoms with Gasteiger partial charge < -0.3 is 14.8 Å². The third kappa shape index (κ3) is 5.50. The molecule has 1 aliphatic heterocycles. The lowest BCUT2D eigenvalue weighted by molar-refractivity contribution is -0.141. The van der Waals surface area contributed by atoms with Crippen LogP contribution in [0.25, 0.3) is 0 Å². The molecule has 1 aliphatic rings. The molecule has 3 heteroatoms. The van der Waals surface area contributed by atoms with Gasteiger partial charge in [0.1, 0.15) is 0 Å². The Labute approximate surface area is 93.5 Å². The van der Waals surface area contributed by atoms with Gasteiger partial charge in [-0.05, 0) is 46.1 Å². The molecule has 1 fully saturated rings. The molecule has 0 amide bonds. The first kappa shape index (κ1) is 12.9.